The van der Waals surface area contributed by atoms with Crippen LogP contribution in [-0.4, -0.2) is 18.0 Å². The van der Waals surface area contributed by atoms with Crippen molar-refractivity contribution in [2.24, 2.45) is 0 Å². The van der Waals surface area contributed by atoms with E-state index in [9.17, 15) is 13.6 Å². The molecule has 31 heavy (non-hydrogen) atoms. The Morgan fingerprint density at radius 1 is 1.19 bits per heavy atom. The highest BCUT2D eigenvalue weighted by molar-refractivity contribution is 5.99. The number of hydrogen-bond donors (Lipinski definition) is 2. The van der Waals surface area contributed by atoms with Gasteiger partial charge in [-0.2, -0.15) is 0 Å². The molecule has 0 saturated carbocycles. The molecule has 2 aromatic carbocycles. The van der Waals surface area contributed by atoms with Crippen LogP contribution in [0.3, 0.4) is 0 Å². The van der Waals surface area contributed by atoms with Gasteiger partial charge in [0.25, 0.3) is 0 Å². The maximum absolute atomic E-state index is 14.3. The maximum Gasteiger partial charge on any atom is 0.247 e. The zero-order chi connectivity index (χ0) is 22.5. The van der Waals surface area contributed by atoms with Crippen LogP contribution >= 0.6 is 0 Å². The number of amides is 1. The molecule has 0 aliphatic rings. The number of hydrogen-bond acceptors (Lipinski definition) is 2. The number of rotatable bonds is 6. The summed E-state index contributed by atoms with van der Waals surface area (Å²) in [6.07, 6.45) is 6.60. The van der Waals surface area contributed by atoms with Gasteiger partial charge >= 0.3 is 0 Å². The van der Waals surface area contributed by atoms with E-state index in [1.165, 1.54) is 19.3 Å². The van der Waals surface area contributed by atoms with Crippen LogP contribution < -0.4 is 20.6 Å². The number of anilines is 1. The van der Waals surface area contributed by atoms with Crippen LogP contribution in [0.4, 0.5) is 14.5 Å². The number of carbonyl (C=O) groups is 1. The van der Waals surface area contributed by atoms with E-state index in [1.54, 1.807) is 12.3 Å². The average molecular weight is 420 g/mol. The van der Waals surface area contributed by atoms with Crippen molar-refractivity contribution < 1.29 is 18.3 Å². The van der Waals surface area contributed by atoms with Crippen molar-refractivity contribution in [3.05, 3.63) is 89.1 Å². The number of allylic oxidation sites excluding steroid dienone is 2. The predicted molar refractivity (Wildman–Crippen MR) is 121 cm³/mol. The average Bonchev–Trinajstić information content (AvgIpc) is 3.11. The minimum Gasteiger partial charge on any atom is -0.493 e. The van der Waals surface area contributed by atoms with E-state index in [4.69, 9.17) is 4.74 Å². The fourth-order valence-corrected chi connectivity index (χ4v) is 3.29. The summed E-state index contributed by atoms with van der Waals surface area (Å²) in [5.41, 5.74) is 3.12. The Kier molecular flexibility index (Phi) is 6.50. The third-order valence-electron chi connectivity index (χ3n) is 4.77. The molecule has 0 aliphatic carbocycles. The molecule has 1 heterocycles. The molecule has 1 amide bonds. The van der Waals surface area contributed by atoms with Gasteiger partial charge < -0.3 is 15.0 Å². The number of aromatic amines is 1. The first-order valence-electron chi connectivity index (χ1n) is 9.49. The Bertz CT molecular complexity index is 1290. The SMILES string of the molecule is C=CC(=O)Nc1cccc(C(/C=c2/c(-c3cc(F)cc(F)c3OC)c[nH]c2=C)=C/C)c1. The highest BCUT2D eigenvalue weighted by Gasteiger charge is 2.16. The summed E-state index contributed by atoms with van der Waals surface area (Å²) < 4.78 is 33.4. The summed E-state index contributed by atoms with van der Waals surface area (Å²) in [6, 6.07) is 9.32. The van der Waals surface area contributed by atoms with Crippen LogP contribution in [0, 0.1) is 11.6 Å². The van der Waals surface area contributed by atoms with Gasteiger partial charge in [-0.3, -0.25) is 4.79 Å². The van der Waals surface area contributed by atoms with Crippen LogP contribution in [-0.2, 0) is 4.79 Å². The maximum atomic E-state index is 14.3. The summed E-state index contributed by atoms with van der Waals surface area (Å²) in [6.45, 7) is 9.33. The molecule has 0 fully saturated rings. The van der Waals surface area contributed by atoms with E-state index in [1.807, 2.05) is 37.3 Å². The summed E-state index contributed by atoms with van der Waals surface area (Å²) in [4.78, 5) is 14.6. The molecule has 0 radical (unpaired) electrons. The summed E-state index contributed by atoms with van der Waals surface area (Å²) in [5, 5.41) is 3.97. The van der Waals surface area contributed by atoms with E-state index in [2.05, 4.69) is 23.5 Å². The van der Waals surface area contributed by atoms with E-state index in [-0.39, 0.29) is 17.2 Å². The smallest absolute Gasteiger partial charge is 0.247 e. The quantitative estimate of drug-likeness (QED) is 0.582. The predicted octanol–water partition coefficient (Wildman–Crippen LogP) is 4.39. The minimum absolute atomic E-state index is 0.0498. The summed E-state index contributed by atoms with van der Waals surface area (Å²) >= 11 is 0. The van der Waals surface area contributed by atoms with E-state index in [0.717, 1.165) is 17.2 Å². The number of carbonyl (C=O) groups excluding carboxylic acids is 1. The Hall–Kier alpha value is -3.93. The molecule has 0 aliphatic heterocycles. The van der Waals surface area contributed by atoms with Crippen LogP contribution in [0.2, 0.25) is 0 Å². The second-order valence-electron chi connectivity index (χ2n) is 6.73. The largest absolute Gasteiger partial charge is 0.493 e. The van der Waals surface area contributed by atoms with Crippen molar-refractivity contribution in [1.29, 1.82) is 0 Å². The Balaban J connectivity index is 2.15. The van der Waals surface area contributed by atoms with E-state index in [0.29, 0.717) is 21.8 Å². The first kappa shape index (κ1) is 21.8. The molecule has 0 spiro atoms. The molecule has 4 nitrogen and oxygen atoms in total. The fraction of sp³-hybridized carbons (Fsp3) is 0.0800. The highest BCUT2D eigenvalue weighted by atomic mass is 19.1. The molecule has 0 saturated heterocycles. The number of H-pyrrole nitrogens is 1. The van der Waals surface area contributed by atoms with Crippen molar-refractivity contribution in [3.8, 4) is 16.9 Å². The normalized spacial score (nSPS) is 12.0. The molecular formula is C25H22F2N2O2. The van der Waals surface area contributed by atoms with Crippen LogP contribution in [0.5, 0.6) is 5.75 Å². The van der Waals surface area contributed by atoms with Gasteiger partial charge in [-0.25, -0.2) is 8.78 Å². The second-order valence-corrected chi connectivity index (χ2v) is 6.73. The molecule has 0 atom stereocenters. The van der Waals surface area contributed by atoms with Gasteiger partial charge in [0.15, 0.2) is 11.6 Å². The van der Waals surface area contributed by atoms with Gasteiger partial charge in [0.2, 0.25) is 5.91 Å². The first-order chi connectivity index (χ1) is 14.9. The van der Waals surface area contributed by atoms with E-state index < -0.39 is 11.6 Å². The van der Waals surface area contributed by atoms with Crippen LogP contribution in [0.1, 0.15) is 12.5 Å². The van der Waals surface area contributed by atoms with Crippen molar-refractivity contribution in [3.63, 3.8) is 0 Å². The molecule has 1 aromatic heterocycles. The second kappa shape index (κ2) is 9.26. The van der Waals surface area contributed by atoms with Gasteiger partial charge in [-0.1, -0.05) is 31.4 Å². The standard InChI is InChI=1S/C25H22F2N2O2/c1-5-16(17-8-7-9-19(10-17)29-24(30)6-2)11-20-15(3)28-14-22(20)21-12-18(26)13-23(27)25(21)31-4/h5-14,28H,2-3H2,1,4H3,(H,29,30)/b16-5+,20-11+. The van der Waals surface area contributed by atoms with Crippen LogP contribution in [0.15, 0.2) is 61.3 Å². The fourth-order valence-electron chi connectivity index (χ4n) is 3.29. The third-order valence-corrected chi connectivity index (χ3v) is 4.77. The molecule has 0 unspecified atom stereocenters. The number of halogens is 2. The lowest BCUT2D eigenvalue weighted by molar-refractivity contribution is -0.111. The van der Waals surface area contributed by atoms with Gasteiger partial charge in [0.1, 0.15) is 5.82 Å². The lowest BCUT2D eigenvalue weighted by Crippen LogP contribution is -2.22. The summed E-state index contributed by atoms with van der Waals surface area (Å²) in [7, 11) is 1.33. The molecule has 158 valence electrons. The van der Waals surface area contributed by atoms with Gasteiger partial charge in [-0.15, -0.1) is 0 Å². The van der Waals surface area contributed by atoms with Gasteiger partial charge in [-0.05, 0) is 48.4 Å². The highest BCUT2D eigenvalue weighted by Crippen LogP contribution is 2.31. The number of benzene rings is 2. The van der Waals surface area contributed by atoms with E-state index >= 15 is 0 Å². The Morgan fingerprint density at radius 2 is 1.97 bits per heavy atom. The van der Waals surface area contributed by atoms with Gasteiger partial charge in [0.05, 0.1) is 7.11 Å². The lowest BCUT2D eigenvalue weighted by atomic mass is 10.0. The number of ether oxygens (including phenoxy) is 1. The van der Waals surface area contributed by atoms with Crippen molar-refractivity contribution in [2.45, 2.75) is 6.92 Å². The third kappa shape index (κ3) is 4.64. The number of nitrogens with one attached hydrogen (secondary N) is 2. The molecule has 0 bridgehead atoms. The Morgan fingerprint density at radius 3 is 2.65 bits per heavy atom. The monoisotopic (exact) mass is 420 g/mol. The van der Waals surface area contributed by atoms with Crippen LogP contribution in [0.25, 0.3) is 29.4 Å². The zero-order valence-electron chi connectivity index (χ0n) is 17.3. The Labute approximate surface area is 178 Å². The molecule has 3 rings (SSSR count). The summed E-state index contributed by atoms with van der Waals surface area (Å²) in [5.74, 6) is -1.85. The molecule has 3 aromatic rings. The van der Waals surface area contributed by atoms with Crippen molar-refractivity contribution in [1.82, 2.24) is 4.98 Å². The first-order valence-corrected chi connectivity index (χ1v) is 9.49. The molecule has 2 N–H and O–H groups in total. The van der Waals surface area contributed by atoms with Crippen molar-refractivity contribution in [2.75, 3.05) is 12.4 Å². The molecular weight excluding hydrogens is 398 g/mol. The zero-order valence-corrected chi connectivity index (χ0v) is 17.3. The van der Waals surface area contributed by atoms with Gasteiger partial charge in [0, 0.05) is 39.6 Å². The number of methoxy groups -OCH3 is 1. The molecule has 6 heteroatoms. The number of aromatic nitrogens is 1. The topological polar surface area (TPSA) is 54.1 Å². The lowest BCUT2D eigenvalue weighted by Gasteiger charge is -2.10. The van der Waals surface area contributed by atoms with Crippen molar-refractivity contribution >= 4 is 29.8 Å². The minimum atomic E-state index is -0.785.